The smallest absolute Gasteiger partial charge is 0.330 e. The van der Waals surface area contributed by atoms with E-state index in [0.717, 1.165) is 44.9 Å². The molecular weight excluding hydrogens is 432 g/mol. The van der Waals surface area contributed by atoms with Crippen molar-refractivity contribution in [1.82, 2.24) is 0 Å². The number of carbonyl (C=O) groups is 1. The number of carboxylic acids is 1. The Morgan fingerprint density at radius 2 is 1.77 bits per heavy atom. The largest absolute Gasteiger partial charge is 0.478 e. The van der Waals surface area contributed by atoms with Crippen LogP contribution in [0.1, 0.15) is 100 Å². The predicted octanol–water partition coefficient (Wildman–Crippen LogP) is 7.88. The van der Waals surface area contributed by atoms with Gasteiger partial charge in [0, 0.05) is 11.0 Å². The van der Waals surface area contributed by atoms with Gasteiger partial charge in [-0.15, -0.1) is 0 Å². The molecule has 3 heteroatoms. The lowest BCUT2D eigenvalue weighted by atomic mass is 9.38. The molecule has 0 radical (unpaired) electrons. The molecule has 0 aromatic carbocycles. The summed E-state index contributed by atoms with van der Waals surface area (Å²) in [4.78, 5) is 11.2. The lowest BCUT2D eigenvalue weighted by Crippen LogP contribution is -2.58. The van der Waals surface area contributed by atoms with Crippen LogP contribution in [0.15, 0.2) is 47.1 Å². The zero-order valence-electron chi connectivity index (χ0n) is 23.4. The maximum Gasteiger partial charge on any atom is 0.330 e. The number of aliphatic carboxylic acids is 1. The van der Waals surface area contributed by atoms with Crippen LogP contribution >= 0.6 is 0 Å². The Bertz CT molecular complexity index is 1030. The molecule has 2 N–H and O–H groups in total. The summed E-state index contributed by atoms with van der Waals surface area (Å²) < 4.78 is 0. The van der Waals surface area contributed by atoms with Crippen molar-refractivity contribution in [3.05, 3.63) is 47.1 Å². The first-order valence-electron chi connectivity index (χ1n) is 13.8. The summed E-state index contributed by atoms with van der Waals surface area (Å²) >= 11 is 0. The number of aliphatic hydroxyl groups is 1. The summed E-state index contributed by atoms with van der Waals surface area (Å²) in [6.45, 7) is 23.0. The van der Waals surface area contributed by atoms with Gasteiger partial charge in [0.2, 0.25) is 0 Å². The van der Waals surface area contributed by atoms with Gasteiger partial charge in [-0.2, -0.15) is 0 Å². The number of hydrogen-bond acceptors (Lipinski definition) is 2. The summed E-state index contributed by atoms with van der Waals surface area (Å²) in [5.41, 5.74) is 4.70. The number of carboxylic acid groups (broad SMARTS) is 1. The highest BCUT2D eigenvalue weighted by Crippen LogP contribution is 2.75. The second kappa shape index (κ2) is 8.20. The Morgan fingerprint density at radius 1 is 1.14 bits per heavy atom. The summed E-state index contributed by atoms with van der Waals surface area (Å²) in [5.74, 6) is -0.00713. The normalized spacial score (nSPS) is 43.5. The first kappa shape index (κ1) is 26.5. The topological polar surface area (TPSA) is 57.5 Å². The average molecular weight is 481 g/mol. The molecule has 0 aliphatic heterocycles. The van der Waals surface area contributed by atoms with Crippen molar-refractivity contribution in [2.45, 2.75) is 106 Å². The van der Waals surface area contributed by atoms with E-state index in [4.69, 9.17) is 0 Å². The van der Waals surface area contributed by atoms with E-state index in [1.165, 1.54) is 16.7 Å². The van der Waals surface area contributed by atoms with Crippen LogP contribution < -0.4 is 0 Å². The van der Waals surface area contributed by atoms with Crippen LogP contribution in [-0.2, 0) is 4.79 Å². The van der Waals surface area contributed by atoms with Crippen molar-refractivity contribution in [1.29, 1.82) is 0 Å². The molecule has 0 bridgehead atoms. The minimum Gasteiger partial charge on any atom is -0.478 e. The molecule has 4 aliphatic rings. The number of rotatable bonds is 5. The van der Waals surface area contributed by atoms with Crippen molar-refractivity contribution in [3.63, 3.8) is 0 Å². The maximum atomic E-state index is 11.7. The summed E-state index contributed by atoms with van der Waals surface area (Å²) in [7, 11) is 0. The van der Waals surface area contributed by atoms with E-state index < -0.39 is 5.97 Å². The van der Waals surface area contributed by atoms with Gasteiger partial charge < -0.3 is 10.2 Å². The van der Waals surface area contributed by atoms with Crippen molar-refractivity contribution in [3.8, 4) is 0 Å². The molecule has 2 fully saturated rings. The van der Waals surface area contributed by atoms with E-state index in [9.17, 15) is 15.0 Å². The summed E-state index contributed by atoms with van der Waals surface area (Å²) in [5, 5.41) is 20.9. The van der Waals surface area contributed by atoms with E-state index >= 15 is 0 Å². The maximum absolute atomic E-state index is 11.7. The Hall–Kier alpha value is -1.61. The summed E-state index contributed by atoms with van der Waals surface area (Å²) in [6, 6.07) is 0. The third-order valence-corrected chi connectivity index (χ3v) is 12.5. The third kappa shape index (κ3) is 3.29. The molecule has 0 amide bonds. The van der Waals surface area contributed by atoms with Gasteiger partial charge in [-0.25, -0.2) is 4.79 Å². The predicted molar refractivity (Wildman–Crippen MR) is 144 cm³/mol. The van der Waals surface area contributed by atoms with Gasteiger partial charge >= 0.3 is 5.97 Å². The SMILES string of the molecule is C=C1CC[C@]2(C)C3=CC[C@]4(C)C([C@@H](C)CC/C=C(\C)C(=O)O)CC(O)[C@@]4(C)C3=CC[C@@]2(C)C1(C)C. The second-order valence-electron chi connectivity index (χ2n) is 13.8. The van der Waals surface area contributed by atoms with Gasteiger partial charge in [-0.1, -0.05) is 78.8 Å². The molecule has 0 aromatic heterocycles. The molecule has 0 aromatic rings. The number of allylic oxidation sites excluding steroid dienone is 5. The molecular formula is C32H48O3. The molecule has 0 saturated heterocycles. The Labute approximate surface area is 213 Å². The molecule has 35 heavy (non-hydrogen) atoms. The highest BCUT2D eigenvalue weighted by molar-refractivity contribution is 5.85. The minimum atomic E-state index is -0.836. The van der Waals surface area contributed by atoms with Crippen LogP contribution in [0.5, 0.6) is 0 Å². The van der Waals surface area contributed by atoms with Crippen molar-refractivity contribution in [2.24, 2.45) is 38.9 Å². The van der Waals surface area contributed by atoms with Crippen molar-refractivity contribution < 1.29 is 15.0 Å². The fourth-order valence-electron chi connectivity index (χ4n) is 8.90. The number of hydrogen-bond donors (Lipinski definition) is 2. The number of aliphatic hydroxyl groups excluding tert-OH is 1. The zero-order valence-corrected chi connectivity index (χ0v) is 23.4. The van der Waals surface area contributed by atoms with Crippen LogP contribution in [0, 0.1) is 38.9 Å². The molecule has 2 unspecified atom stereocenters. The lowest BCUT2D eigenvalue weighted by Gasteiger charge is -2.66. The molecule has 0 spiro atoms. The van der Waals surface area contributed by atoms with Gasteiger partial charge in [0.05, 0.1) is 6.10 Å². The van der Waals surface area contributed by atoms with Gasteiger partial charge in [-0.05, 0) is 96.5 Å². The van der Waals surface area contributed by atoms with Crippen LogP contribution in [0.2, 0.25) is 0 Å². The van der Waals surface area contributed by atoms with Gasteiger partial charge in [0.1, 0.15) is 0 Å². The molecule has 0 heterocycles. The first-order valence-corrected chi connectivity index (χ1v) is 13.8. The van der Waals surface area contributed by atoms with Gasteiger partial charge in [0.15, 0.2) is 0 Å². The second-order valence-corrected chi connectivity index (χ2v) is 13.8. The van der Waals surface area contributed by atoms with E-state index in [-0.39, 0.29) is 33.2 Å². The molecule has 4 aliphatic carbocycles. The van der Waals surface area contributed by atoms with Crippen LogP contribution in [0.4, 0.5) is 0 Å². The molecule has 3 nitrogen and oxygen atoms in total. The highest BCUT2D eigenvalue weighted by atomic mass is 16.4. The average Bonchev–Trinajstić information content (AvgIpc) is 3.00. The molecule has 194 valence electrons. The molecule has 4 rings (SSSR count). The van der Waals surface area contributed by atoms with Gasteiger partial charge in [0.25, 0.3) is 0 Å². The Kier molecular flexibility index (Phi) is 6.20. The lowest BCUT2D eigenvalue weighted by molar-refractivity contribution is -0.132. The van der Waals surface area contributed by atoms with E-state index in [2.05, 4.69) is 67.2 Å². The number of fused-ring (bicyclic) bond motifs is 5. The quantitative estimate of drug-likeness (QED) is 0.311. The van der Waals surface area contributed by atoms with E-state index in [1.807, 2.05) is 6.08 Å². The summed E-state index contributed by atoms with van der Waals surface area (Å²) in [6.07, 6.45) is 13.3. The molecule has 2 saturated carbocycles. The Balaban J connectivity index is 1.70. The van der Waals surface area contributed by atoms with Crippen LogP contribution in [0.3, 0.4) is 0 Å². The van der Waals surface area contributed by atoms with Crippen LogP contribution in [-0.4, -0.2) is 22.3 Å². The van der Waals surface area contributed by atoms with E-state index in [0.29, 0.717) is 17.4 Å². The van der Waals surface area contributed by atoms with E-state index in [1.54, 1.807) is 6.92 Å². The van der Waals surface area contributed by atoms with Crippen molar-refractivity contribution >= 4 is 5.97 Å². The van der Waals surface area contributed by atoms with Crippen molar-refractivity contribution in [2.75, 3.05) is 0 Å². The minimum absolute atomic E-state index is 0.00932. The molecule has 7 atom stereocenters. The van der Waals surface area contributed by atoms with Gasteiger partial charge in [-0.3, -0.25) is 0 Å². The monoisotopic (exact) mass is 480 g/mol. The fourth-order valence-corrected chi connectivity index (χ4v) is 8.90. The Morgan fingerprint density at radius 3 is 2.40 bits per heavy atom. The first-order chi connectivity index (χ1) is 16.1. The van der Waals surface area contributed by atoms with Crippen LogP contribution in [0.25, 0.3) is 0 Å². The highest BCUT2D eigenvalue weighted by Gasteiger charge is 2.68. The third-order valence-electron chi connectivity index (χ3n) is 12.5. The zero-order chi connectivity index (χ0) is 26.2. The standard InChI is InChI=1S/C32H48O3/c1-20(11-10-12-21(2)27(34)35)25-19-26(33)32(9)24-15-18-31(8)28(4,5)22(3)13-16-29(31,6)23(24)14-17-30(25,32)7/h12,14-15,20,25-26,33H,3,10-11,13,16-19H2,1-2,4-9H3,(H,34,35)/b21-12+/t20-,25?,26?,29+,30+,31-,32+/m0/s1. The fraction of sp³-hybridized carbons (Fsp3) is 0.719.